The van der Waals surface area contributed by atoms with E-state index in [4.69, 9.17) is 11.6 Å². The molecule has 0 spiro atoms. The smallest absolute Gasteiger partial charge is 0.308 e. The van der Waals surface area contributed by atoms with Gasteiger partial charge in [-0.1, -0.05) is 17.7 Å². The van der Waals surface area contributed by atoms with Crippen LogP contribution in [0.25, 0.3) is 0 Å². The Kier molecular flexibility index (Phi) is 4.39. The van der Waals surface area contributed by atoms with Gasteiger partial charge < -0.3 is 5.32 Å². The van der Waals surface area contributed by atoms with Crippen LogP contribution < -0.4 is 10.6 Å². The Morgan fingerprint density at radius 1 is 1.26 bits per heavy atom. The minimum absolute atomic E-state index is 0.364. The largest absolute Gasteiger partial charge is 0.324 e. The van der Waals surface area contributed by atoms with Crippen LogP contribution in [0.4, 0.5) is 16.3 Å². The number of rotatable bonds is 2. The third kappa shape index (κ3) is 3.94. The Labute approximate surface area is 124 Å². The summed E-state index contributed by atoms with van der Waals surface area (Å²) in [4.78, 5) is 16.0. The number of hydrogen-bond donors (Lipinski definition) is 2. The zero-order valence-electron chi connectivity index (χ0n) is 10.1. The number of urea groups is 1. The van der Waals surface area contributed by atoms with E-state index in [-0.39, 0.29) is 6.03 Å². The average molecular weight is 341 g/mol. The van der Waals surface area contributed by atoms with E-state index in [1.54, 1.807) is 30.3 Å². The minimum atomic E-state index is -0.364. The zero-order valence-corrected chi connectivity index (χ0v) is 12.4. The summed E-state index contributed by atoms with van der Waals surface area (Å²) >= 11 is 9.19. The molecule has 2 rings (SSSR count). The molecule has 2 amide bonds. The Balaban J connectivity index is 2.03. The van der Waals surface area contributed by atoms with Gasteiger partial charge in [0.15, 0.2) is 0 Å². The molecule has 0 radical (unpaired) electrons. The third-order valence-corrected chi connectivity index (χ3v) is 3.42. The Hall–Kier alpha value is -1.59. The summed E-state index contributed by atoms with van der Waals surface area (Å²) in [6.45, 7) is 1.85. The van der Waals surface area contributed by atoms with Crippen molar-refractivity contribution in [2.24, 2.45) is 0 Å². The summed E-state index contributed by atoms with van der Waals surface area (Å²) in [5, 5.41) is 5.90. The molecule has 0 aliphatic rings. The van der Waals surface area contributed by atoms with Crippen LogP contribution in [0.3, 0.4) is 0 Å². The van der Waals surface area contributed by atoms with Crippen molar-refractivity contribution in [3.8, 4) is 0 Å². The number of nitrogens with zero attached hydrogens (tertiary/aromatic N) is 1. The summed E-state index contributed by atoms with van der Waals surface area (Å²) in [7, 11) is 0. The Morgan fingerprint density at radius 2 is 2.05 bits per heavy atom. The molecular weight excluding hydrogens is 330 g/mol. The van der Waals surface area contributed by atoms with Crippen molar-refractivity contribution in [3.63, 3.8) is 0 Å². The van der Waals surface area contributed by atoms with Crippen molar-refractivity contribution in [2.45, 2.75) is 6.92 Å². The predicted molar refractivity (Wildman–Crippen MR) is 80.8 cm³/mol. The van der Waals surface area contributed by atoms with Crippen LogP contribution in [0.5, 0.6) is 0 Å². The summed E-state index contributed by atoms with van der Waals surface area (Å²) in [5.74, 6) is 0.486. The van der Waals surface area contributed by atoms with Gasteiger partial charge in [-0.15, -0.1) is 0 Å². The molecular formula is C13H11BrClN3O. The highest BCUT2D eigenvalue weighted by Gasteiger charge is 2.05. The van der Waals surface area contributed by atoms with Gasteiger partial charge in [-0.3, -0.25) is 5.32 Å². The first-order chi connectivity index (χ1) is 9.04. The molecule has 2 aromatic rings. The molecule has 6 heteroatoms. The molecule has 0 bridgehead atoms. The van der Waals surface area contributed by atoms with E-state index in [2.05, 4.69) is 31.5 Å². The molecule has 0 fully saturated rings. The number of pyridine rings is 1. The van der Waals surface area contributed by atoms with E-state index in [9.17, 15) is 4.79 Å². The number of aryl methyl sites for hydroxylation is 1. The normalized spacial score (nSPS) is 10.1. The molecule has 1 aromatic heterocycles. The maximum Gasteiger partial charge on any atom is 0.324 e. The number of nitrogens with one attached hydrogen (secondary N) is 2. The van der Waals surface area contributed by atoms with Gasteiger partial charge in [-0.05, 0) is 53.2 Å². The lowest BCUT2D eigenvalue weighted by atomic mass is 10.3. The number of carbonyl (C=O) groups excluding carboxylic acids is 1. The Morgan fingerprint density at radius 3 is 2.74 bits per heavy atom. The zero-order chi connectivity index (χ0) is 13.8. The molecule has 0 aliphatic heterocycles. The maximum absolute atomic E-state index is 11.8. The van der Waals surface area contributed by atoms with Crippen LogP contribution >= 0.6 is 27.5 Å². The number of carbonyl (C=O) groups is 1. The summed E-state index contributed by atoms with van der Waals surface area (Å²) in [6.07, 6.45) is 0. The van der Waals surface area contributed by atoms with Crippen molar-refractivity contribution in [3.05, 3.63) is 51.6 Å². The molecule has 19 heavy (non-hydrogen) atoms. The topological polar surface area (TPSA) is 54.0 Å². The van der Waals surface area contributed by atoms with Gasteiger partial charge in [0, 0.05) is 15.2 Å². The van der Waals surface area contributed by atoms with Gasteiger partial charge in [-0.25, -0.2) is 9.78 Å². The highest BCUT2D eigenvalue weighted by atomic mass is 79.9. The van der Waals surface area contributed by atoms with E-state index in [0.717, 1.165) is 10.2 Å². The number of anilines is 2. The van der Waals surface area contributed by atoms with Gasteiger partial charge in [0.25, 0.3) is 0 Å². The number of halogens is 2. The number of hydrogen-bond acceptors (Lipinski definition) is 2. The molecule has 98 valence electrons. The van der Waals surface area contributed by atoms with Crippen LogP contribution in [0.15, 0.2) is 40.9 Å². The minimum Gasteiger partial charge on any atom is -0.308 e. The van der Waals surface area contributed by atoms with E-state index in [1.807, 2.05) is 13.0 Å². The second-order valence-electron chi connectivity index (χ2n) is 3.85. The number of aromatic nitrogens is 1. The van der Waals surface area contributed by atoms with Crippen molar-refractivity contribution >= 4 is 45.1 Å². The molecule has 1 aromatic carbocycles. The van der Waals surface area contributed by atoms with Crippen molar-refractivity contribution < 1.29 is 4.79 Å². The first kappa shape index (κ1) is 13.8. The molecule has 0 unspecified atom stereocenters. The lowest BCUT2D eigenvalue weighted by molar-refractivity contribution is 0.262. The maximum atomic E-state index is 11.8. The second-order valence-corrected chi connectivity index (χ2v) is 5.14. The summed E-state index contributed by atoms with van der Waals surface area (Å²) in [5.41, 5.74) is 1.43. The molecule has 0 saturated heterocycles. The monoisotopic (exact) mass is 339 g/mol. The van der Waals surface area contributed by atoms with E-state index >= 15 is 0 Å². The molecule has 1 heterocycles. The van der Waals surface area contributed by atoms with Crippen LogP contribution in [0, 0.1) is 6.92 Å². The number of amides is 2. The first-order valence-corrected chi connectivity index (χ1v) is 6.68. The highest BCUT2D eigenvalue weighted by molar-refractivity contribution is 9.10. The third-order valence-electron chi connectivity index (χ3n) is 2.35. The van der Waals surface area contributed by atoms with Gasteiger partial charge in [0.1, 0.15) is 5.82 Å². The number of benzene rings is 1. The fourth-order valence-corrected chi connectivity index (χ4v) is 1.87. The van der Waals surface area contributed by atoms with Crippen LogP contribution in [0.2, 0.25) is 5.02 Å². The SMILES string of the molecule is Cc1nc(NC(=O)Nc2cccc(Cl)c2)ccc1Br. The fourth-order valence-electron chi connectivity index (χ4n) is 1.46. The Bertz CT molecular complexity index is 619. The van der Waals surface area contributed by atoms with E-state index in [1.165, 1.54) is 0 Å². The molecule has 2 N–H and O–H groups in total. The quantitative estimate of drug-likeness (QED) is 0.848. The second kappa shape index (κ2) is 6.04. The average Bonchev–Trinajstić information content (AvgIpc) is 2.34. The van der Waals surface area contributed by atoms with E-state index in [0.29, 0.717) is 16.5 Å². The van der Waals surface area contributed by atoms with Crippen LogP contribution in [-0.4, -0.2) is 11.0 Å². The molecule has 4 nitrogen and oxygen atoms in total. The molecule has 0 saturated carbocycles. The van der Waals surface area contributed by atoms with Gasteiger partial charge in [-0.2, -0.15) is 0 Å². The molecule has 0 aliphatic carbocycles. The van der Waals surface area contributed by atoms with Gasteiger partial charge in [0.05, 0.1) is 5.69 Å². The van der Waals surface area contributed by atoms with Gasteiger partial charge in [0.2, 0.25) is 0 Å². The van der Waals surface area contributed by atoms with Crippen molar-refractivity contribution in [2.75, 3.05) is 10.6 Å². The summed E-state index contributed by atoms with van der Waals surface area (Å²) < 4.78 is 0.897. The predicted octanol–water partition coefficient (Wildman–Crippen LogP) is 4.45. The lowest BCUT2D eigenvalue weighted by Crippen LogP contribution is -2.20. The fraction of sp³-hybridized carbons (Fsp3) is 0.0769. The van der Waals surface area contributed by atoms with Gasteiger partial charge >= 0.3 is 6.03 Å². The summed E-state index contributed by atoms with van der Waals surface area (Å²) in [6, 6.07) is 10.1. The van der Waals surface area contributed by atoms with Crippen molar-refractivity contribution in [1.29, 1.82) is 0 Å². The standard InChI is InChI=1S/C13H11BrClN3O/c1-8-11(14)5-6-12(16-8)18-13(19)17-10-4-2-3-9(15)7-10/h2-7H,1H3,(H2,16,17,18,19). The first-order valence-electron chi connectivity index (χ1n) is 5.51. The lowest BCUT2D eigenvalue weighted by Gasteiger charge is -2.08. The molecule has 0 atom stereocenters. The highest BCUT2D eigenvalue weighted by Crippen LogP contribution is 2.17. The van der Waals surface area contributed by atoms with E-state index < -0.39 is 0 Å². The van der Waals surface area contributed by atoms with Crippen LogP contribution in [0.1, 0.15) is 5.69 Å². The van der Waals surface area contributed by atoms with Crippen molar-refractivity contribution in [1.82, 2.24) is 4.98 Å². The van der Waals surface area contributed by atoms with Crippen LogP contribution in [-0.2, 0) is 0 Å².